The number of rotatable bonds is 9. The molecule has 0 unspecified atom stereocenters. The van der Waals surface area contributed by atoms with Gasteiger partial charge in [0.25, 0.3) is 0 Å². The minimum Gasteiger partial charge on any atom is -0.505 e. The van der Waals surface area contributed by atoms with E-state index < -0.39 is 0 Å². The zero-order valence-electron chi connectivity index (χ0n) is 30.9. The lowest BCUT2D eigenvalue weighted by Gasteiger charge is -2.09. The van der Waals surface area contributed by atoms with Crippen molar-refractivity contribution in [3.63, 3.8) is 0 Å². The van der Waals surface area contributed by atoms with E-state index in [9.17, 15) is 20.4 Å². The second-order valence-electron chi connectivity index (χ2n) is 13.3. The van der Waals surface area contributed by atoms with E-state index in [2.05, 4.69) is 35.4 Å². The van der Waals surface area contributed by atoms with Gasteiger partial charge in [-0.25, -0.2) is 15.0 Å². The molecule has 0 aliphatic heterocycles. The van der Waals surface area contributed by atoms with Gasteiger partial charge in [-0.15, -0.1) is 10.2 Å². The van der Waals surface area contributed by atoms with E-state index >= 15 is 0 Å². The molecule has 0 spiro atoms. The van der Waals surface area contributed by atoms with Crippen LogP contribution < -0.4 is 0 Å². The summed E-state index contributed by atoms with van der Waals surface area (Å²) in [6.45, 7) is 0. The maximum atomic E-state index is 11.3. The molecule has 0 bridgehead atoms. The van der Waals surface area contributed by atoms with Crippen molar-refractivity contribution in [1.29, 1.82) is 0 Å². The van der Waals surface area contributed by atoms with Crippen molar-refractivity contribution in [3.05, 3.63) is 175 Å². The molecule has 12 heteroatoms. The lowest BCUT2D eigenvalue weighted by molar-refractivity contribution is 0.469. The number of oxazole rings is 1. The number of aromatic nitrogens is 1. The Morgan fingerprint density at radius 1 is 0.458 bits per heavy atom. The van der Waals surface area contributed by atoms with E-state index in [1.54, 1.807) is 103 Å². The molecule has 8 aromatic carbocycles. The van der Waals surface area contributed by atoms with Crippen LogP contribution in [0, 0.1) is 0 Å². The topological polar surface area (TPSA) is 181 Å². The minimum atomic E-state index is -0.355. The Hall–Kier alpha value is -8.51. The van der Waals surface area contributed by atoms with Gasteiger partial charge in [-0.05, 0) is 83.6 Å². The summed E-state index contributed by atoms with van der Waals surface area (Å²) in [4.78, 5) is 13.2. The van der Waals surface area contributed by atoms with Gasteiger partial charge >= 0.3 is 0 Å². The number of azo groups is 2. The number of hydrogen-bond donors (Lipinski definition) is 4. The Bertz CT molecular complexity index is 3140. The van der Waals surface area contributed by atoms with Crippen molar-refractivity contribution in [2.45, 2.75) is 0 Å². The van der Waals surface area contributed by atoms with Gasteiger partial charge in [-0.2, -0.15) is 10.2 Å². The Balaban J connectivity index is 0.974. The van der Waals surface area contributed by atoms with E-state index in [0.29, 0.717) is 56.1 Å². The first-order valence-electron chi connectivity index (χ1n) is 18.4. The smallest absolute Gasteiger partial charge is 0.227 e. The number of para-hydroxylation sites is 2. The quantitative estimate of drug-likeness (QED) is 0.0643. The van der Waals surface area contributed by atoms with Crippen LogP contribution in [0.2, 0.25) is 0 Å². The Kier molecular flexibility index (Phi) is 9.53. The fourth-order valence-corrected chi connectivity index (χ4v) is 6.53. The molecule has 0 fully saturated rings. The Morgan fingerprint density at radius 2 is 0.932 bits per heavy atom. The molecule has 0 saturated heterocycles. The van der Waals surface area contributed by atoms with Gasteiger partial charge in [-0.1, -0.05) is 84.9 Å². The lowest BCUT2D eigenvalue weighted by atomic mass is 10.0. The predicted octanol–water partition coefficient (Wildman–Crippen LogP) is 13.3. The van der Waals surface area contributed by atoms with Gasteiger partial charge in [0.15, 0.2) is 17.1 Å². The average Bonchev–Trinajstić information content (AvgIpc) is 3.70. The molecular weight excluding hydrogens is 743 g/mol. The Morgan fingerprint density at radius 3 is 1.47 bits per heavy atom. The number of aromatic hydroxyl groups is 2. The highest BCUT2D eigenvalue weighted by Gasteiger charge is 2.19. The summed E-state index contributed by atoms with van der Waals surface area (Å²) in [6.07, 6.45) is 0. The number of fused-ring (bicyclic) bond motifs is 3. The van der Waals surface area contributed by atoms with Gasteiger partial charge in [0.05, 0.1) is 33.9 Å². The fraction of sp³-hybridized carbons (Fsp3) is 0. The van der Waals surface area contributed by atoms with Crippen molar-refractivity contribution in [1.82, 2.24) is 4.98 Å². The highest BCUT2D eigenvalue weighted by Crippen LogP contribution is 2.42. The third kappa shape index (κ3) is 7.44. The fourth-order valence-electron chi connectivity index (χ4n) is 6.53. The molecule has 0 atom stereocenters. The zero-order valence-corrected chi connectivity index (χ0v) is 30.9. The standard InChI is InChI=1S/C47H31N7O5/c55-43-37(45(57)48-31-13-3-1-4-14-31)25-29-11-7-9-17-35(29)41(43)53-51-33-21-19-28(20-22-33)47-50-39-24-23-34(27-40(39)59-47)52-54-42-36-18-10-8-12-30(36)26-38(44(42)56)46(58)49-32-15-5-2-6-16-32/h1-27,55-56H,(H,48,57)(H,49,58). The summed E-state index contributed by atoms with van der Waals surface area (Å²) in [7, 11) is 0. The molecule has 1 heterocycles. The molecule has 9 aromatic rings. The summed E-state index contributed by atoms with van der Waals surface area (Å²) in [6, 6.07) is 48.2. The summed E-state index contributed by atoms with van der Waals surface area (Å²) >= 11 is 0. The third-order valence-electron chi connectivity index (χ3n) is 9.47. The summed E-state index contributed by atoms with van der Waals surface area (Å²) < 4.78 is 6.13. The van der Waals surface area contributed by atoms with Crippen LogP contribution in [-0.2, 0) is 0 Å². The molecule has 1 aromatic heterocycles. The maximum Gasteiger partial charge on any atom is 0.227 e. The van der Waals surface area contributed by atoms with Crippen molar-refractivity contribution in [2.24, 2.45) is 30.4 Å². The van der Waals surface area contributed by atoms with E-state index in [-0.39, 0.29) is 45.8 Å². The maximum absolute atomic E-state index is 11.3. The highest BCUT2D eigenvalue weighted by atomic mass is 16.3. The zero-order chi connectivity index (χ0) is 40.3. The minimum absolute atomic E-state index is 0.120. The van der Waals surface area contributed by atoms with Crippen LogP contribution >= 0.6 is 0 Å². The average molecular weight is 774 g/mol. The van der Waals surface area contributed by atoms with Gasteiger partial charge in [-0.3, -0.25) is 0 Å². The van der Waals surface area contributed by atoms with Crippen molar-refractivity contribution in [3.8, 4) is 23.0 Å². The number of aliphatic hydroxyl groups excluding tert-OH is 2. The van der Waals surface area contributed by atoms with Gasteiger partial charge in [0.2, 0.25) is 17.7 Å². The molecule has 284 valence electrons. The van der Waals surface area contributed by atoms with E-state index in [1.165, 1.54) is 0 Å². The number of hydrogen-bond acceptors (Lipinski definition) is 10. The van der Waals surface area contributed by atoms with E-state index in [1.807, 2.05) is 60.7 Å². The first-order chi connectivity index (χ1) is 28.9. The van der Waals surface area contributed by atoms with E-state index in [0.717, 1.165) is 10.8 Å². The van der Waals surface area contributed by atoms with Gasteiger partial charge in [0, 0.05) is 22.4 Å². The molecule has 0 aliphatic carbocycles. The molecule has 12 nitrogen and oxygen atoms in total. The van der Waals surface area contributed by atoms with E-state index in [4.69, 9.17) is 4.42 Å². The van der Waals surface area contributed by atoms with Crippen LogP contribution in [0.5, 0.6) is 11.5 Å². The molecule has 9 rings (SSSR count). The number of aliphatic imine (C=N–C) groups is 2. The summed E-state index contributed by atoms with van der Waals surface area (Å²) in [5, 5.41) is 64.8. The largest absolute Gasteiger partial charge is 0.505 e. The molecule has 0 aliphatic rings. The molecule has 59 heavy (non-hydrogen) atoms. The van der Waals surface area contributed by atoms with Crippen LogP contribution in [0.4, 0.5) is 34.1 Å². The van der Waals surface area contributed by atoms with Crippen molar-refractivity contribution >= 4 is 78.6 Å². The monoisotopic (exact) mass is 773 g/mol. The second-order valence-corrected chi connectivity index (χ2v) is 13.3. The van der Waals surface area contributed by atoms with Crippen LogP contribution in [-0.4, -0.2) is 37.2 Å². The molecular formula is C47H31N7O5. The highest BCUT2D eigenvalue weighted by molar-refractivity contribution is 6.07. The number of phenolic OH excluding ortho intramolecular Hbond substituents is 2. The Labute approximate surface area is 335 Å². The van der Waals surface area contributed by atoms with Crippen molar-refractivity contribution in [2.75, 3.05) is 0 Å². The van der Waals surface area contributed by atoms with Crippen LogP contribution in [0.25, 0.3) is 44.1 Å². The van der Waals surface area contributed by atoms with Crippen LogP contribution in [0.15, 0.2) is 199 Å². The van der Waals surface area contributed by atoms with Crippen LogP contribution in [0.3, 0.4) is 0 Å². The molecule has 0 amide bonds. The van der Waals surface area contributed by atoms with Crippen molar-refractivity contribution < 1.29 is 24.8 Å². The lowest BCUT2D eigenvalue weighted by Crippen LogP contribution is -1.99. The van der Waals surface area contributed by atoms with Gasteiger partial charge in [0.1, 0.15) is 16.9 Å². The number of nitrogens with zero attached hydrogens (tertiary/aromatic N) is 7. The first kappa shape index (κ1) is 36.1. The van der Waals surface area contributed by atoms with Gasteiger partial charge < -0.3 is 24.8 Å². The molecule has 0 saturated carbocycles. The first-order valence-corrected chi connectivity index (χ1v) is 18.4. The molecule has 0 radical (unpaired) electrons. The number of benzene rings is 8. The summed E-state index contributed by atoms with van der Waals surface area (Å²) in [5.41, 5.74) is 4.38. The second kappa shape index (κ2) is 15.6. The molecule has 4 N–H and O–H groups in total. The number of aliphatic hydroxyl groups is 2. The predicted molar refractivity (Wildman–Crippen MR) is 230 cm³/mol. The van der Waals surface area contributed by atoms with Crippen LogP contribution in [0.1, 0.15) is 11.1 Å². The normalized spacial score (nSPS) is 12.4. The SMILES string of the molecule is OC(=Nc1ccccc1)c1cc2ccccc2c(N=Nc2ccc(-c3nc4ccc(N=Nc5c(O)c(C(O)=Nc6ccccc6)cc6ccccc56)cc4o3)cc2)c1O. The summed E-state index contributed by atoms with van der Waals surface area (Å²) in [5.74, 6) is -0.850. The third-order valence-corrected chi connectivity index (χ3v) is 9.47. The number of phenols is 2.